The molecule has 0 aromatic heterocycles. The number of nitrogens with one attached hydrogen (secondary N) is 1. The van der Waals surface area contributed by atoms with Gasteiger partial charge in [-0.05, 0) is 43.9 Å². The van der Waals surface area contributed by atoms with Gasteiger partial charge in [0.2, 0.25) is 0 Å². The molecule has 118 valence electrons. The molecular formula is C17H27NO3. The predicted molar refractivity (Wildman–Crippen MR) is 84.9 cm³/mol. The maximum absolute atomic E-state index is 11.5. The summed E-state index contributed by atoms with van der Waals surface area (Å²) in [5, 5.41) is 12.4. The van der Waals surface area contributed by atoms with Crippen molar-refractivity contribution in [2.24, 2.45) is 0 Å². The van der Waals surface area contributed by atoms with Crippen LogP contribution in [0.1, 0.15) is 47.1 Å². The fourth-order valence-corrected chi connectivity index (χ4v) is 2.08. The number of carboxylic acid groups (broad SMARTS) is 1. The van der Waals surface area contributed by atoms with E-state index in [9.17, 15) is 9.90 Å². The van der Waals surface area contributed by atoms with Crippen molar-refractivity contribution in [3.05, 3.63) is 29.8 Å². The lowest BCUT2D eigenvalue weighted by atomic mass is 9.87. The van der Waals surface area contributed by atoms with E-state index in [4.69, 9.17) is 4.74 Å². The van der Waals surface area contributed by atoms with Gasteiger partial charge in [-0.2, -0.15) is 0 Å². The summed E-state index contributed by atoms with van der Waals surface area (Å²) in [7, 11) is 0. The molecule has 21 heavy (non-hydrogen) atoms. The van der Waals surface area contributed by atoms with Crippen LogP contribution >= 0.6 is 0 Å². The Kier molecular flexibility index (Phi) is 5.40. The Bertz CT molecular complexity index is 491. The van der Waals surface area contributed by atoms with Crippen LogP contribution in [0.5, 0.6) is 5.75 Å². The van der Waals surface area contributed by atoms with E-state index in [1.807, 2.05) is 32.0 Å². The molecule has 4 heteroatoms. The quantitative estimate of drug-likeness (QED) is 0.845. The molecule has 0 aliphatic heterocycles. The van der Waals surface area contributed by atoms with E-state index < -0.39 is 11.5 Å². The standard InChI is InChI=1S/C17H27NO3/c1-12(2)18-17(6,15(19)20)11-21-14-9-7-8-13(10-14)16(3,4)5/h7-10,12,18H,11H2,1-6H3,(H,19,20). The second-order valence-electron chi connectivity index (χ2n) is 7.00. The largest absolute Gasteiger partial charge is 0.491 e. The highest BCUT2D eigenvalue weighted by atomic mass is 16.5. The van der Waals surface area contributed by atoms with Crippen molar-refractivity contribution >= 4 is 5.97 Å². The lowest BCUT2D eigenvalue weighted by molar-refractivity contribution is -0.145. The van der Waals surface area contributed by atoms with Crippen molar-refractivity contribution in [3.63, 3.8) is 0 Å². The van der Waals surface area contributed by atoms with Gasteiger partial charge < -0.3 is 9.84 Å². The minimum atomic E-state index is -1.11. The van der Waals surface area contributed by atoms with Crippen LogP contribution in [0.4, 0.5) is 0 Å². The zero-order valence-electron chi connectivity index (χ0n) is 13.9. The summed E-state index contributed by atoms with van der Waals surface area (Å²) in [6.07, 6.45) is 0. The smallest absolute Gasteiger partial charge is 0.327 e. The Hall–Kier alpha value is -1.55. The Balaban J connectivity index is 2.84. The van der Waals surface area contributed by atoms with Crippen molar-refractivity contribution in [1.82, 2.24) is 5.32 Å². The fourth-order valence-electron chi connectivity index (χ4n) is 2.08. The molecule has 0 fully saturated rings. The van der Waals surface area contributed by atoms with E-state index >= 15 is 0 Å². The summed E-state index contributed by atoms with van der Waals surface area (Å²) in [6.45, 7) is 12.0. The molecule has 0 heterocycles. The van der Waals surface area contributed by atoms with Crippen LogP contribution in [-0.2, 0) is 10.2 Å². The zero-order chi connectivity index (χ0) is 16.3. The Labute approximate surface area is 127 Å². The van der Waals surface area contributed by atoms with Crippen molar-refractivity contribution in [2.45, 2.75) is 58.5 Å². The van der Waals surface area contributed by atoms with E-state index in [2.05, 4.69) is 32.2 Å². The van der Waals surface area contributed by atoms with Gasteiger partial charge >= 0.3 is 5.97 Å². The second-order valence-corrected chi connectivity index (χ2v) is 7.00. The molecule has 1 unspecified atom stereocenters. The first kappa shape index (κ1) is 17.5. The van der Waals surface area contributed by atoms with Crippen LogP contribution in [0.2, 0.25) is 0 Å². The lowest BCUT2D eigenvalue weighted by Crippen LogP contribution is -2.56. The van der Waals surface area contributed by atoms with Crippen LogP contribution in [0.3, 0.4) is 0 Å². The summed E-state index contributed by atoms with van der Waals surface area (Å²) >= 11 is 0. The van der Waals surface area contributed by atoms with Crippen molar-refractivity contribution in [3.8, 4) is 5.75 Å². The molecule has 1 rings (SSSR count). The molecule has 0 spiro atoms. The van der Waals surface area contributed by atoms with Crippen molar-refractivity contribution in [2.75, 3.05) is 6.61 Å². The number of benzene rings is 1. The van der Waals surface area contributed by atoms with Crippen LogP contribution in [0.15, 0.2) is 24.3 Å². The molecule has 0 amide bonds. The average molecular weight is 293 g/mol. The highest BCUT2D eigenvalue weighted by Gasteiger charge is 2.34. The van der Waals surface area contributed by atoms with Crippen LogP contribution in [-0.4, -0.2) is 29.3 Å². The number of ether oxygens (including phenoxy) is 1. The number of hydrogen-bond acceptors (Lipinski definition) is 3. The highest BCUT2D eigenvalue weighted by molar-refractivity contribution is 5.78. The molecule has 1 aromatic rings. The fraction of sp³-hybridized carbons (Fsp3) is 0.588. The van der Waals surface area contributed by atoms with Gasteiger partial charge in [0.15, 0.2) is 0 Å². The molecule has 1 atom stereocenters. The SMILES string of the molecule is CC(C)NC(C)(COc1cccc(C(C)(C)C)c1)C(=O)O. The number of carbonyl (C=O) groups is 1. The van der Waals surface area contributed by atoms with Gasteiger partial charge in [-0.15, -0.1) is 0 Å². The third-order valence-electron chi connectivity index (χ3n) is 3.31. The van der Waals surface area contributed by atoms with E-state index in [1.165, 1.54) is 0 Å². The molecule has 0 aliphatic rings. The van der Waals surface area contributed by atoms with Crippen LogP contribution in [0, 0.1) is 0 Å². The minimum absolute atomic E-state index is 0.0334. The first-order valence-corrected chi connectivity index (χ1v) is 7.29. The van der Waals surface area contributed by atoms with Gasteiger partial charge in [-0.3, -0.25) is 10.1 Å². The van der Waals surface area contributed by atoms with Crippen LogP contribution < -0.4 is 10.1 Å². The van der Waals surface area contributed by atoms with E-state index in [0.29, 0.717) is 5.75 Å². The maximum atomic E-state index is 11.5. The molecular weight excluding hydrogens is 266 g/mol. The number of rotatable bonds is 6. The van der Waals surface area contributed by atoms with Gasteiger partial charge in [0.05, 0.1) is 0 Å². The van der Waals surface area contributed by atoms with E-state index in [1.54, 1.807) is 6.92 Å². The summed E-state index contributed by atoms with van der Waals surface area (Å²) in [6, 6.07) is 7.87. The number of carboxylic acids is 1. The molecule has 0 bridgehead atoms. The van der Waals surface area contributed by atoms with Gasteiger partial charge in [0.25, 0.3) is 0 Å². The Morgan fingerprint density at radius 2 is 1.90 bits per heavy atom. The molecule has 0 saturated carbocycles. The monoisotopic (exact) mass is 293 g/mol. The lowest BCUT2D eigenvalue weighted by Gasteiger charge is -2.29. The topological polar surface area (TPSA) is 58.6 Å². The summed E-state index contributed by atoms with van der Waals surface area (Å²) in [4.78, 5) is 11.5. The zero-order valence-corrected chi connectivity index (χ0v) is 13.9. The number of hydrogen-bond donors (Lipinski definition) is 2. The molecule has 0 aliphatic carbocycles. The summed E-state index contributed by atoms with van der Waals surface area (Å²) < 4.78 is 5.73. The van der Waals surface area contributed by atoms with Gasteiger partial charge in [0.1, 0.15) is 17.9 Å². The Morgan fingerprint density at radius 1 is 1.29 bits per heavy atom. The number of aliphatic carboxylic acids is 1. The molecule has 1 aromatic carbocycles. The summed E-state index contributed by atoms with van der Waals surface area (Å²) in [5.74, 6) is -0.219. The second kappa shape index (κ2) is 6.48. The average Bonchev–Trinajstić information content (AvgIpc) is 2.35. The third-order valence-corrected chi connectivity index (χ3v) is 3.31. The third kappa shape index (κ3) is 5.05. The molecule has 4 nitrogen and oxygen atoms in total. The minimum Gasteiger partial charge on any atom is -0.491 e. The van der Waals surface area contributed by atoms with E-state index in [-0.39, 0.29) is 18.1 Å². The first-order chi connectivity index (χ1) is 9.54. The highest BCUT2D eigenvalue weighted by Crippen LogP contribution is 2.26. The van der Waals surface area contributed by atoms with Gasteiger partial charge in [-0.1, -0.05) is 32.9 Å². The molecule has 0 radical (unpaired) electrons. The van der Waals surface area contributed by atoms with Crippen molar-refractivity contribution in [1.29, 1.82) is 0 Å². The van der Waals surface area contributed by atoms with E-state index in [0.717, 1.165) is 5.56 Å². The van der Waals surface area contributed by atoms with Crippen molar-refractivity contribution < 1.29 is 14.6 Å². The predicted octanol–water partition coefficient (Wildman–Crippen LogP) is 3.20. The van der Waals surface area contributed by atoms with Gasteiger partial charge in [0, 0.05) is 6.04 Å². The molecule has 2 N–H and O–H groups in total. The molecule has 0 saturated heterocycles. The maximum Gasteiger partial charge on any atom is 0.327 e. The Morgan fingerprint density at radius 3 is 2.38 bits per heavy atom. The first-order valence-electron chi connectivity index (χ1n) is 7.29. The van der Waals surface area contributed by atoms with Gasteiger partial charge in [-0.25, -0.2) is 0 Å². The normalized spacial score (nSPS) is 14.8. The summed E-state index contributed by atoms with van der Waals surface area (Å²) in [5.41, 5.74) is 0.0891. The van der Waals surface area contributed by atoms with Crippen LogP contribution in [0.25, 0.3) is 0 Å².